The standard InChI is InChI=1S/C18H13N3/c19-13-16-12-15(10-11-20-16)21-18-9-5-4-8-17(18)14-6-2-1-3-7-14/h1-12H,(H,20,21). The van der Waals surface area contributed by atoms with Crippen LogP contribution in [0.1, 0.15) is 5.69 Å². The van der Waals surface area contributed by atoms with Gasteiger partial charge >= 0.3 is 0 Å². The highest BCUT2D eigenvalue weighted by Gasteiger charge is 2.05. The topological polar surface area (TPSA) is 48.7 Å². The molecule has 3 rings (SSSR count). The van der Waals surface area contributed by atoms with Gasteiger partial charge in [-0.3, -0.25) is 0 Å². The lowest BCUT2D eigenvalue weighted by molar-refractivity contribution is 1.26. The molecule has 1 N–H and O–H groups in total. The number of rotatable bonds is 3. The summed E-state index contributed by atoms with van der Waals surface area (Å²) in [6.07, 6.45) is 1.63. The molecule has 3 heteroatoms. The molecule has 0 radical (unpaired) electrons. The highest BCUT2D eigenvalue weighted by Crippen LogP contribution is 2.29. The van der Waals surface area contributed by atoms with Gasteiger partial charge in [-0.15, -0.1) is 0 Å². The zero-order chi connectivity index (χ0) is 14.5. The quantitative estimate of drug-likeness (QED) is 0.769. The van der Waals surface area contributed by atoms with Crippen LogP contribution in [0.4, 0.5) is 11.4 Å². The van der Waals surface area contributed by atoms with Gasteiger partial charge in [0.25, 0.3) is 0 Å². The number of para-hydroxylation sites is 1. The summed E-state index contributed by atoms with van der Waals surface area (Å²) in [6, 6.07) is 23.9. The van der Waals surface area contributed by atoms with E-state index in [2.05, 4.69) is 28.5 Å². The van der Waals surface area contributed by atoms with E-state index in [1.165, 1.54) is 0 Å². The molecule has 0 aliphatic rings. The molecule has 1 heterocycles. The van der Waals surface area contributed by atoms with Crippen LogP contribution in [0.15, 0.2) is 72.9 Å². The average molecular weight is 271 g/mol. The van der Waals surface area contributed by atoms with E-state index in [0.717, 1.165) is 22.5 Å². The van der Waals surface area contributed by atoms with Gasteiger partial charge in [0.2, 0.25) is 0 Å². The zero-order valence-corrected chi connectivity index (χ0v) is 11.3. The highest BCUT2D eigenvalue weighted by atomic mass is 14.9. The number of hydrogen-bond acceptors (Lipinski definition) is 3. The number of pyridine rings is 1. The summed E-state index contributed by atoms with van der Waals surface area (Å²) in [5.41, 5.74) is 4.52. The van der Waals surface area contributed by atoms with Gasteiger partial charge in [-0.2, -0.15) is 5.26 Å². The third-order valence-electron chi connectivity index (χ3n) is 3.17. The zero-order valence-electron chi connectivity index (χ0n) is 11.3. The minimum absolute atomic E-state index is 0.400. The Morgan fingerprint density at radius 1 is 0.905 bits per heavy atom. The Bertz CT molecular complexity index is 789. The lowest BCUT2D eigenvalue weighted by atomic mass is 10.0. The van der Waals surface area contributed by atoms with Crippen LogP contribution < -0.4 is 5.32 Å². The number of aromatic nitrogens is 1. The van der Waals surface area contributed by atoms with Crippen molar-refractivity contribution in [3.05, 3.63) is 78.6 Å². The molecule has 0 amide bonds. The first-order chi connectivity index (χ1) is 10.4. The molecule has 0 unspecified atom stereocenters. The Balaban J connectivity index is 1.98. The fourth-order valence-electron chi connectivity index (χ4n) is 2.19. The van der Waals surface area contributed by atoms with Crippen molar-refractivity contribution in [3.8, 4) is 17.2 Å². The molecule has 0 atom stereocenters. The minimum atomic E-state index is 0.400. The van der Waals surface area contributed by atoms with E-state index in [4.69, 9.17) is 5.26 Å². The van der Waals surface area contributed by atoms with E-state index in [0.29, 0.717) is 5.69 Å². The van der Waals surface area contributed by atoms with E-state index >= 15 is 0 Å². The Labute approximate surface area is 123 Å². The summed E-state index contributed by atoms with van der Waals surface area (Å²) in [5.74, 6) is 0. The summed E-state index contributed by atoms with van der Waals surface area (Å²) in [7, 11) is 0. The SMILES string of the molecule is N#Cc1cc(Nc2ccccc2-c2ccccc2)ccn1. The second-order valence-corrected chi connectivity index (χ2v) is 4.58. The Hall–Kier alpha value is -3.12. The molecule has 0 saturated heterocycles. The van der Waals surface area contributed by atoms with Crippen LogP contribution in [0, 0.1) is 11.3 Å². The second-order valence-electron chi connectivity index (χ2n) is 4.58. The van der Waals surface area contributed by atoms with Crippen molar-refractivity contribution >= 4 is 11.4 Å². The number of nitrogens with zero attached hydrogens (tertiary/aromatic N) is 2. The van der Waals surface area contributed by atoms with Crippen molar-refractivity contribution in [1.29, 1.82) is 5.26 Å². The molecule has 0 aliphatic carbocycles. The van der Waals surface area contributed by atoms with E-state index in [1.807, 2.05) is 48.5 Å². The van der Waals surface area contributed by atoms with E-state index < -0.39 is 0 Å². The molecule has 0 aliphatic heterocycles. The van der Waals surface area contributed by atoms with Crippen LogP contribution in [0.3, 0.4) is 0 Å². The molecule has 3 nitrogen and oxygen atoms in total. The maximum Gasteiger partial charge on any atom is 0.142 e. The van der Waals surface area contributed by atoms with Crippen LogP contribution >= 0.6 is 0 Å². The molecule has 0 bridgehead atoms. The first kappa shape index (κ1) is 12.9. The first-order valence-corrected chi connectivity index (χ1v) is 6.64. The van der Waals surface area contributed by atoms with Gasteiger partial charge in [0.1, 0.15) is 11.8 Å². The van der Waals surface area contributed by atoms with Crippen molar-refractivity contribution in [3.63, 3.8) is 0 Å². The van der Waals surface area contributed by atoms with Gasteiger partial charge < -0.3 is 5.32 Å². The van der Waals surface area contributed by atoms with Crippen LogP contribution in [0.25, 0.3) is 11.1 Å². The largest absolute Gasteiger partial charge is 0.355 e. The third kappa shape index (κ3) is 2.90. The fourth-order valence-corrected chi connectivity index (χ4v) is 2.19. The number of nitriles is 1. The molecule has 3 aromatic rings. The van der Waals surface area contributed by atoms with Crippen LogP contribution in [-0.4, -0.2) is 4.98 Å². The average Bonchev–Trinajstić information content (AvgIpc) is 2.56. The lowest BCUT2D eigenvalue weighted by Crippen LogP contribution is -1.94. The molecule has 21 heavy (non-hydrogen) atoms. The van der Waals surface area contributed by atoms with Crippen LogP contribution in [0.5, 0.6) is 0 Å². The molecular weight excluding hydrogens is 258 g/mol. The summed E-state index contributed by atoms with van der Waals surface area (Å²) in [5, 5.41) is 12.3. The van der Waals surface area contributed by atoms with Gasteiger partial charge in [-0.05, 0) is 23.8 Å². The van der Waals surface area contributed by atoms with Gasteiger partial charge in [0.15, 0.2) is 0 Å². The Morgan fingerprint density at radius 2 is 1.67 bits per heavy atom. The van der Waals surface area contributed by atoms with Crippen molar-refractivity contribution < 1.29 is 0 Å². The third-order valence-corrected chi connectivity index (χ3v) is 3.17. The monoisotopic (exact) mass is 271 g/mol. The maximum absolute atomic E-state index is 8.92. The predicted octanol–water partition coefficient (Wildman–Crippen LogP) is 4.36. The summed E-state index contributed by atoms with van der Waals surface area (Å²) in [6.45, 7) is 0. The summed E-state index contributed by atoms with van der Waals surface area (Å²) < 4.78 is 0. The van der Waals surface area contributed by atoms with E-state index in [9.17, 15) is 0 Å². The van der Waals surface area contributed by atoms with Crippen molar-refractivity contribution in [2.24, 2.45) is 0 Å². The summed E-state index contributed by atoms with van der Waals surface area (Å²) in [4.78, 5) is 3.98. The van der Waals surface area contributed by atoms with Crippen molar-refractivity contribution in [2.75, 3.05) is 5.32 Å². The first-order valence-electron chi connectivity index (χ1n) is 6.64. The predicted molar refractivity (Wildman–Crippen MR) is 84.1 cm³/mol. The number of anilines is 2. The molecule has 0 spiro atoms. The van der Waals surface area contributed by atoms with Gasteiger partial charge in [0, 0.05) is 23.1 Å². The fraction of sp³-hybridized carbons (Fsp3) is 0. The maximum atomic E-state index is 8.92. The molecule has 1 aromatic heterocycles. The van der Waals surface area contributed by atoms with Crippen molar-refractivity contribution in [2.45, 2.75) is 0 Å². The van der Waals surface area contributed by atoms with Gasteiger partial charge in [-0.25, -0.2) is 4.98 Å². The van der Waals surface area contributed by atoms with Gasteiger partial charge in [0.05, 0.1) is 0 Å². The number of nitrogens with one attached hydrogen (secondary N) is 1. The smallest absolute Gasteiger partial charge is 0.142 e. The number of hydrogen-bond donors (Lipinski definition) is 1. The van der Waals surface area contributed by atoms with Crippen molar-refractivity contribution in [1.82, 2.24) is 4.98 Å². The van der Waals surface area contributed by atoms with E-state index in [1.54, 1.807) is 12.3 Å². The second kappa shape index (κ2) is 5.89. The number of benzene rings is 2. The van der Waals surface area contributed by atoms with E-state index in [-0.39, 0.29) is 0 Å². The van der Waals surface area contributed by atoms with Crippen LogP contribution in [0.2, 0.25) is 0 Å². The van der Waals surface area contributed by atoms with Gasteiger partial charge in [-0.1, -0.05) is 48.5 Å². The summed E-state index contributed by atoms with van der Waals surface area (Å²) >= 11 is 0. The Kier molecular flexibility index (Phi) is 3.62. The molecular formula is C18H13N3. The Morgan fingerprint density at radius 3 is 2.48 bits per heavy atom. The molecule has 0 fully saturated rings. The highest BCUT2D eigenvalue weighted by molar-refractivity contribution is 5.80. The normalized spacial score (nSPS) is 9.86. The lowest BCUT2D eigenvalue weighted by Gasteiger charge is -2.12. The molecule has 0 saturated carbocycles. The molecule has 100 valence electrons. The minimum Gasteiger partial charge on any atom is -0.355 e. The molecule has 2 aromatic carbocycles. The van der Waals surface area contributed by atoms with Crippen LogP contribution in [-0.2, 0) is 0 Å².